The van der Waals surface area contributed by atoms with Gasteiger partial charge >= 0.3 is 0 Å². The molecule has 2 unspecified atom stereocenters. The highest BCUT2D eigenvalue weighted by Crippen LogP contribution is 2.18. The van der Waals surface area contributed by atoms with E-state index in [1.807, 2.05) is 0 Å². The summed E-state index contributed by atoms with van der Waals surface area (Å²) in [5, 5.41) is 11.9. The van der Waals surface area contributed by atoms with E-state index in [-0.39, 0.29) is 18.4 Å². The van der Waals surface area contributed by atoms with Gasteiger partial charge in [0.15, 0.2) is 0 Å². The Morgan fingerprint density at radius 3 is 2.94 bits per heavy atom. The molecular formula is C13H23NO2. The first-order chi connectivity index (χ1) is 7.77. The second-order valence-electron chi connectivity index (χ2n) is 4.51. The van der Waals surface area contributed by atoms with Gasteiger partial charge in [-0.3, -0.25) is 4.79 Å². The van der Waals surface area contributed by atoms with E-state index in [4.69, 9.17) is 5.11 Å². The van der Waals surface area contributed by atoms with E-state index < -0.39 is 0 Å². The molecule has 2 atom stereocenters. The predicted molar refractivity (Wildman–Crippen MR) is 65.0 cm³/mol. The zero-order valence-electron chi connectivity index (χ0n) is 10.1. The first kappa shape index (κ1) is 13.2. The molecule has 3 nitrogen and oxygen atoms in total. The molecule has 0 spiro atoms. The van der Waals surface area contributed by atoms with Crippen LogP contribution in [0, 0.1) is 11.8 Å². The number of hydrogen-bond acceptors (Lipinski definition) is 2. The second-order valence-corrected chi connectivity index (χ2v) is 4.51. The Bertz CT molecular complexity index is 238. The highest BCUT2D eigenvalue weighted by molar-refractivity contribution is 5.78. The molecule has 0 fully saturated rings. The number of allylic oxidation sites excluding steroid dienone is 2. The second kappa shape index (κ2) is 7.44. The van der Waals surface area contributed by atoms with Crippen molar-refractivity contribution < 1.29 is 9.90 Å². The Kier molecular flexibility index (Phi) is 6.16. The number of carbonyl (C=O) groups excluding carboxylic acids is 1. The summed E-state index contributed by atoms with van der Waals surface area (Å²) in [6.07, 6.45) is 8.89. The van der Waals surface area contributed by atoms with Gasteiger partial charge in [0.2, 0.25) is 5.91 Å². The van der Waals surface area contributed by atoms with Crippen molar-refractivity contribution in [2.24, 2.45) is 11.8 Å². The third kappa shape index (κ3) is 4.35. The molecule has 0 radical (unpaired) electrons. The van der Waals surface area contributed by atoms with E-state index in [9.17, 15) is 4.79 Å². The van der Waals surface area contributed by atoms with Crippen molar-refractivity contribution in [1.82, 2.24) is 5.32 Å². The minimum Gasteiger partial charge on any atom is -0.396 e. The van der Waals surface area contributed by atoms with E-state index in [2.05, 4.69) is 24.4 Å². The highest BCUT2D eigenvalue weighted by atomic mass is 16.3. The van der Waals surface area contributed by atoms with Gasteiger partial charge in [-0.25, -0.2) is 0 Å². The quantitative estimate of drug-likeness (QED) is 0.678. The van der Waals surface area contributed by atoms with Crippen molar-refractivity contribution in [2.75, 3.05) is 13.2 Å². The number of carbonyl (C=O) groups is 1. The molecule has 0 saturated heterocycles. The number of hydrogen-bond donors (Lipinski definition) is 2. The van der Waals surface area contributed by atoms with E-state index >= 15 is 0 Å². The average molecular weight is 225 g/mol. The molecule has 1 amide bonds. The van der Waals surface area contributed by atoms with Crippen LogP contribution in [0.15, 0.2) is 12.2 Å². The van der Waals surface area contributed by atoms with Crippen molar-refractivity contribution in [3.63, 3.8) is 0 Å². The molecule has 1 aliphatic rings. The fourth-order valence-electron chi connectivity index (χ4n) is 2.05. The van der Waals surface area contributed by atoms with Crippen molar-refractivity contribution in [3.05, 3.63) is 12.2 Å². The summed E-state index contributed by atoms with van der Waals surface area (Å²) in [6, 6.07) is 0. The number of aliphatic hydroxyl groups is 1. The summed E-state index contributed by atoms with van der Waals surface area (Å²) in [6.45, 7) is 3.01. The van der Waals surface area contributed by atoms with Gasteiger partial charge in [0, 0.05) is 19.1 Å². The van der Waals surface area contributed by atoms with E-state index in [1.165, 1.54) is 0 Å². The number of aliphatic hydroxyl groups excluding tert-OH is 1. The lowest BCUT2D eigenvalue weighted by Crippen LogP contribution is -2.35. The van der Waals surface area contributed by atoms with Crippen molar-refractivity contribution in [3.8, 4) is 0 Å². The van der Waals surface area contributed by atoms with Crippen LogP contribution in [0.25, 0.3) is 0 Å². The first-order valence-electron chi connectivity index (χ1n) is 6.31. The molecule has 1 aliphatic carbocycles. The van der Waals surface area contributed by atoms with Gasteiger partial charge in [0.05, 0.1) is 0 Å². The minimum absolute atomic E-state index is 0.164. The Hall–Kier alpha value is -0.830. The SMILES string of the molecule is CCC(CCO)CNC(=O)C1CC=CCC1. The van der Waals surface area contributed by atoms with Crippen LogP contribution in [0.4, 0.5) is 0 Å². The lowest BCUT2D eigenvalue weighted by molar-refractivity contribution is -0.125. The van der Waals surface area contributed by atoms with Crippen LogP contribution in [0.5, 0.6) is 0 Å². The first-order valence-corrected chi connectivity index (χ1v) is 6.31. The standard InChI is InChI=1S/C13H23NO2/c1-2-11(8-9-15)10-14-13(16)12-6-4-3-5-7-12/h3-4,11-12,15H,2,5-10H2,1H3,(H,14,16). The van der Waals surface area contributed by atoms with Gasteiger partial charge in [-0.15, -0.1) is 0 Å². The zero-order valence-corrected chi connectivity index (χ0v) is 10.1. The molecular weight excluding hydrogens is 202 g/mol. The summed E-state index contributed by atoms with van der Waals surface area (Å²) in [7, 11) is 0. The molecule has 0 aromatic rings. The average Bonchev–Trinajstić information content (AvgIpc) is 2.35. The van der Waals surface area contributed by atoms with Crippen LogP contribution in [-0.2, 0) is 4.79 Å². The lowest BCUT2D eigenvalue weighted by Gasteiger charge is -2.20. The van der Waals surface area contributed by atoms with E-state index in [1.54, 1.807) is 0 Å². The maximum atomic E-state index is 11.8. The third-order valence-electron chi connectivity index (χ3n) is 3.32. The van der Waals surface area contributed by atoms with Crippen molar-refractivity contribution >= 4 is 5.91 Å². The third-order valence-corrected chi connectivity index (χ3v) is 3.32. The number of rotatable bonds is 6. The summed E-state index contributed by atoms with van der Waals surface area (Å²) in [5.41, 5.74) is 0. The molecule has 3 heteroatoms. The summed E-state index contributed by atoms with van der Waals surface area (Å²) >= 11 is 0. The van der Waals surface area contributed by atoms with Crippen molar-refractivity contribution in [1.29, 1.82) is 0 Å². The predicted octanol–water partition coefficient (Wildman–Crippen LogP) is 1.87. The molecule has 16 heavy (non-hydrogen) atoms. The van der Waals surface area contributed by atoms with Crippen LogP contribution in [0.3, 0.4) is 0 Å². The molecule has 92 valence electrons. The fourth-order valence-corrected chi connectivity index (χ4v) is 2.05. The molecule has 0 aromatic heterocycles. The van der Waals surface area contributed by atoms with Gasteiger partial charge in [-0.05, 0) is 31.6 Å². The maximum Gasteiger partial charge on any atom is 0.223 e. The Morgan fingerprint density at radius 1 is 1.56 bits per heavy atom. The van der Waals surface area contributed by atoms with E-state index in [0.717, 1.165) is 32.1 Å². The van der Waals surface area contributed by atoms with Gasteiger partial charge in [-0.2, -0.15) is 0 Å². The monoisotopic (exact) mass is 225 g/mol. The van der Waals surface area contributed by atoms with Crippen LogP contribution in [-0.4, -0.2) is 24.2 Å². The topological polar surface area (TPSA) is 49.3 Å². The van der Waals surface area contributed by atoms with Gasteiger partial charge in [0.1, 0.15) is 0 Å². The molecule has 0 saturated carbocycles. The van der Waals surface area contributed by atoms with Gasteiger partial charge in [0.25, 0.3) is 0 Å². The molecule has 1 rings (SSSR count). The Morgan fingerprint density at radius 2 is 2.38 bits per heavy atom. The lowest BCUT2D eigenvalue weighted by atomic mass is 9.93. The normalized spacial score (nSPS) is 21.8. The summed E-state index contributed by atoms with van der Waals surface area (Å²) in [4.78, 5) is 11.8. The number of nitrogens with one attached hydrogen (secondary N) is 1. The molecule has 0 aromatic carbocycles. The zero-order chi connectivity index (χ0) is 11.8. The van der Waals surface area contributed by atoms with Crippen LogP contribution in [0.1, 0.15) is 39.0 Å². The van der Waals surface area contributed by atoms with Crippen molar-refractivity contribution in [2.45, 2.75) is 39.0 Å². The van der Waals surface area contributed by atoms with E-state index in [0.29, 0.717) is 12.5 Å². The van der Waals surface area contributed by atoms with Crippen LogP contribution in [0.2, 0.25) is 0 Å². The van der Waals surface area contributed by atoms with Gasteiger partial charge in [-0.1, -0.05) is 25.5 Å². The Balaban J connectivity index is 2.25. The Labute approximate surface area is 97.9 Å². The highest BCUT2D eigenvalue weighted by Gasteiger charge is 2.18. The van der Waals surface area contributed by atoms with Crippen LogP contribution >= 0.6 is 0 Å². The van der Waals surface area contributed by atoms with Crippen LogP contribution < -0.4 is 5.32 Å². The smallest absolute Gasteiger partial charge is 0.223 e. The summed E-state index contributed by atoms with van der Waals surface area (Å²) < 4.78 is 0. The molecule has 0 heterocycles. The maximum absolute atomic E-state index is 11.8. The number of amides is 1. The molecule has 0 bridgehead atoms. The summed E-state index contributed by atoms with van der Waals surface area (Å²) in [5.74, 6) is 0.755. The molecule has 0 aliphatic heterocycles. The van der Waals surface area contributed by atoms with Gasteiger partial charge < -0.3 is 10.4 Å². The minimum atomic E-state index is 0.164. The largest absolute Gasteiger partial charge is 0.396 e. The fraction of sp³-hybridized carbons (Fsp3) is 0.769. The molecule has 2 N–H and O–H groups in total.